The fraction of sp³-hybridized carbons (Fsp3) is 0.500. The van der Waals surface area contributed by atoms with E-state index in [9.17, 15) is 22.8 Å². The van der Waals surface area contributed by atoms with Crippen LogP contribution in [0.4, 0.5) is 13.2 Å². The van der Waals surface area contributed by atoms with Crippen LogP contribution in [0.25, 0.3) is 5.65 Å². The molecule has 0 aliphatic carbocycles. The minimum Gasteiger partial charge on any atom is -0.481 e. The average Bonchev–Trinajstić information content (AvgIpc) is 3.03. The molecule has 26 heavy (non-hydrogen) atoms. The molecular weight excluding hydrogens is 375 g/mol. The number of carboxylic acid groups (broad SMARTS) is 1. The Hall–Kier alpha value is -2.37. The molecule has 1 fully saturated rings. The summed E-state index contributed by atoms with van der Waals surface area (Å²) in [6.07, 6.45) is -3.89. The number of aliphatic carboxylic acids is 1. The highest BCUT2D eigenvalue weighted by Gasteiger charge is 2.37. The van der Waals surface area contributed by atoms with Crippen LogP contribution in [0, 0.1) is 5.92 Å². The lowest BCUT2D eigenvalue weighted by molar-refractivity contribution is -0.146. The molecule has 3 heterocycles. The molecule has 2 aromatic rings. The summed E-state index contributed by atoms with van der Waals surface area (Å²) in [5, 5.41) is 19.5. The van der Waals surface area contributed by atoms with Crippen LogP contribution < -0.4 is 0 Å². The Morgan fingerprint density at radius 1 is 1.23 bits per heavy atom. The van der Waals surface area contributed by atoms with Crippen LogP contribution in [0.1, 0.15) is 18.7 Å². The van der Waals surface area contributed by atoms with Crippen LogP contribution in [-0.4, -0.2) is 60.5 Å². The zero-order valence-corrected chi connectivity index (χ0v) is 14.1. The minimum absolute atomic E-state index is 0.000276. The van der Waals surface area contributed by atoms with Crippen LogP contribution >= 0.6 is 11.8 Å². The standard InChI is InChI=1S/C14H14F3N5O3S/c15-14(16,17)13-19-18-9-1-2-10(20-22(9)13)26-7-11(23)21-5-3-8(4-6-21)12(24)25/h1-2,8H,3-7H2,(H,24,25). The van der Waals surface area contributed by atoms with Crippen LogP contribution in [0.2, 0.25) is 0 Å². The van der Waals surface area contributed by atoms with Crippen LogP contribution in [0.3, 0.4) is 0 Å². The van der Waals surface area contributed by atoms with Crippen molar-refractivity contribution in [1.82, 2.24) is 24.7 Å². The summed E-state index contributed by atoms with van der Waals surface area (Å²) in [4.78, 5) is 24.7. The van der Waals surface area contributed by atoms with Gasteiger partial charge in [0.1, 0.15) is 5.03 Å². The van der Waals surface area contributed by atoms with E-state index in [-0.39, 0.29) is 22.3 Å². The minimum atomic E-state index is -4.68. The smallest absolute Gasteiger partial charge is 0.453 e. The van der Waals surface area contributed by atoms with Crippen LogP contribution in [-0.2, 0) is 15.8 Å². The second-order valence-corrected chi connectivity index (χ2v) is 6.74. The van der Waals surface area contributed by atoms with Gasteiger partial charge >= 0.3 is 12.1 Å². The lowest BCUT2D eigenvalue weighted by atomic mass is 9.97. The van der Waals surface area contributed by atoms with E-state index in [1.807, 2.05) is 0 Å². The van der Waals surface area contributed by atoms with E-state index >= 15 is 0 Å². The molecule has 0 aromatic carbocycles. The normalized spacial score (nSPS) is 16.2. The summed E-state index contributed by atoms with van der Waals surface area (Å²) in [5.74, 6) is -2.74. The Labute approximate surface area is 149 Å². The monoisotopic (exact) mass is 389 g/mol. The van der Waals surface area contributed by atoms with Crippen molar-refractivity contribution < 1.29 is 27.9 Å². The predicted octanol–water partition coefficient (Wildman–Crippen LogP) is 1.56. The number of carbonyl (C=O) groups excluding carboxylic acids is 1. The highest BCUT2D eigenvalue weighted by atomic mass is 32.2. The third kappa shape index (κ3) is 3.89. The number of alkyl halides is 3. The van der Waals surface area contributed by atoms with Gasteiger partial charge in [-0.15, -0.1) is 10.2 Å². The second kappa shape index (κ2) is 7.09. The Balaban J connectivity index is 1.63. The first-order chi connectivity index (χ1) is 12.3. The molecule has 0 spiro atoms. The summed E-state index contributed by atoms with van der Waals surface area (Å²) in [6, 6.07) is 2.82. The van der Waals surface area contributed by atoms with Crippen molar-refractivity contribution in [3.05, 3.63) is 18.0 Å². The quantitative estimate of drug-likeness (QED) is 0.792. The molecule has 12 heteroatoms. The van der Waals surface area contributed by atoms with Gasteiger partial charge < -0.3 is 10.0 Å². The topological polar surface area (TPSA) is 101 Å². The molecule has 1 aliphatic rings. The van der Waals surface area contributed by atoms with E-state index in [4.69, 9.17) is 5.11 Å². The number of hydrogen-bond donors (Lipinski definition) is 1. The summed E-state index contributed by atoms with van der Waals surface area (Å²) >= 11 is 1.00. The van der Waals surface area contributed by atoms with Gasteiger partial charge in [-0.25, -0.2) is 0 Å². The number of hydrogen-bond acceptors (Lipinski definition) is 6. The maximum Gasteiger partial charge on any atom is 0.453 e. The van der Waals surface area contributed by atoms with Crippen molar-refractivity contribution in [2.75, 3.05) is 18.8 Å². The fourth-order valence-corrected chi connectivity index (χ4v) is 3.39. The summed E-state index contributed by atoms with van der Waals surface area (Å²) < 4.78 is 39.2. The number of carboxylic acids is 1. The molecule has 1 saturated heterocycles. The molecule has 1 amide bonds. The zero-order valence-electron chi connectivity index (χ0n) is 13.3. The third-order valence-electron chi connectivity index (χ3n) is 4.03. The Kier molecular flexibility index (Phi) is 5.03. The zero-order chi connectivity index (χ0) is 18.9. The predicted molar refractivity (Wildman–Crippen MR) is 83.4 cm³/mol. The first kappa shape index (κ1) is 18.4. The molecule has 1 N–H and O–H groups in total. The molecule has 1 aliphatic heterocycles. The molecule has 0 saturated carbocycles. The molecule has 140 valence electrons. The average molecular weight is 389 g/mol. The molecular formula is C14H14F3N5O3S. The summed E-state index contributed by atoms with van der Waals surface area (Å²) in [6.45, 7) is 0.707. The SMILES string of the molecule is O=C(O)C1CCN(C(=O)CSc2ccc3nnc(C(F)(F)F)n3n2)CC1. The summed E-state index contributed by atoms with van der Waals surface area (Å²) in [5.41, 5.74) is -0.0382. The van der Waals surface area contributed by atoms with Crippen molar-refractivity contribution in [2.45, 2.75) is 24.0 Å². The number of thioether (sulfide) groups is 1. The number of amides is 1. The maximum atomic E-state index is 12.9. The maximum absolute atomic E-state index is 12.9. The van der Waals surface area contributed by atoms with E-state index in [0.717, 1.165) is 11.8 Å². The van der Waals surface area contributed by atoms with E-state index in [1.165, 1.54) is 12.1 Å². The van der Waals surface area contributed by atoms with Crippen LogP contribution in [0.15, 0.2) is 17.2 Å². The number of likely N-dealkylation sites (tertiary alicyclic amines) is 1. The highest BCUT2D eigenvalue weighted by Crippen LogP contribution is 2.28. The largest absolute Gasteiger partial charge is 0.481 e. The molecule has 0 unspecified atom stereocenters. The number of carbonyl (C=O) groups is 2. The first-order valence-corrected chi connectivity index (χ1v) is 8.67. The van der Waals surface area contributed by atoms with Crippen molar-refractivity contribution >= 4 is 29.3 Å². The Bertz CT molecular complexity index is 833. The lowest BCUT2D eigenvalue weighted by Gasteiger charge is -2.30. The van der Waals surface area contributed by atoms with Gasteiger partial charge in [-0.05, 0) is 25.0 Å². The molecule has 3 rings (SSSR count). The molecule has 0 radical (unpaired) electrons. The Morgan fingerprint density at radius 3 is 2.54 bits per heavy atom. The lowest BCUT2D eigenvalue weighted by Crippen LogP contribution is -2.41. The van der Waals surface area contributed by atoms with Gasteiger partial charge in [0.25, 0.3) is 5.82 Å². The summed E-state index contributed by atoms with van der Waals surface area (Å²) in [7, 11) is 0. The van der Waals surface area contributed by atoms with Gasteiger partial charge in [0, 0.05) is 13.1 Å². The highest BCUT2D eigenvalue weighted by molar-refractivity contribution is 7.99. The van der Waals surface area contributed by atoms with Gasteiger partial charge in [0.15, 0.2) is 5.65 Å². The van der Waals surface area contributed by atoms with E-state index in [1.54, 1.807) is 4.90 Å². The first-order valence-electron chi connectivity index (χ1n) is 7.69. The van der Waals surface area contributed by atoms with Gasteiger partial charge in [0.2, 0.25) is 5.91 Å². The second-order valence-electron chi connectivity index (χ2n) is 5.74. The molecule has 2 aromatic heterocycles. The van der Waals surface area contributed by atoms with Gasteiger partial charge in [-0.3, -0.25) is 9.59 Å². The number of aromatic nitrogens is 4. The number of nitrogens with zero attached hydrogens (tertiary/aromatic N) is 5. The van der Waals surface area contributed by atoms with Gasteiger partial charge in [-0.2, -0.15) is 22.8 Å². The third-order valence-corrected chi connectivity index (χ3v) is 4.94. The Morgan fingerprint density at radius 2 is 1.92 bits per heavy atom. The number of fused-ring (bicyclic) bond motifs is 1. The van der Waals surface area contributed by atoms with E-state index in [0.29, 0.717) is 30.4 Å². The molecule has 8 nitrogen and oxygen atoms in total. The van der Waals surface area contributed by atoms with Crippen molar-refractivity contribution in [2.24, 2.45) is 5.92 Å². The fourth-order valence-electron chi connectivity index (χ4n) is 2.63. The number of halogens is 3. The van der Waals surface area contributed by atoms with Crippen molar-refractivity contribution in [1.29, 1.82) is 0 Å². The van der Waals surface area contributed by atoms with Crippen LogP contribution in [0.5, 0.6) is 0 Å². The van der Waals surface area contributed by atoms with Crippen molar-refractivity contribution in [3.8, 4) is 0 Å². The molecule has 0 atom stereocenters. The number of piperidine rings is 1. The van der Waals surface area contributed by atoms with E-state index in [2.05, 4.69) is 15.3 Å². The molecule has 0 bridgehead atoms. The van der Waals surface area contributed by atoms with Crippen molar-refractivity contribution in [3.63, 3.8) is 0 Å². The van der Waals surface area contributed by atoms with Gasteiger partial charge in [0.05, 0.1) is 11.7 Å². The van der Waals surface area contributed by atoms with Gasteiger partial charge in [-0.1, -0.05) is 11.8 Å². The number of rotatable bonds is 4. The van der Waals surface area contributed by atoms with E-state index < -0.39 is 23.9 Å².